The zero-order chi connectivity index (χ0) is 15.2. The van der Waals surface area contributed by atoms with Crippen molar-refractivity contribution in [2.24, 2.45) is 0 Å². The second kappa shape index (κ2) is 7.11. The molecule has 1 fully saturated rings. The zero-order valence-electron chi connectivity index (χ0n) is 12.5. The van der Waals surface area contributed by atoms with Crippen LogP contribution in [0.4, 0.5) is 4.79 Å². The largest absolute Gasteiger partial charge is 0.415 e. The summed E-state index contributed by atoms with van der Waals surface area (Å²) in [7, 11) is 0. The van der Waals surface area contributed by atoms with Gasteiger partial charge in [0, 0.05) is 12.6 Å². The summed E-state index contributed by atoms with van der Waals surface area (Å²) in [6.07, 6.45) is 1.92. The second-order valence-corrected chi connectivity index (χ2v) is 5.35. The average molecular weight is 290 g/mol. The maximum atomic E-state index is 12.2. The summed E-state index contributed by atoms with van der Waals surface area (Å²) in [5, 5.41) is 2.93. The molecule has 0 aliphatic carbocycles. The summed E-state index contributed by atoms with van der Waals surface area (Å²) in [6, 6.07) is 8.61. The third kappa shape index (κ3) is 3.97. The van der Waals surface area contributed by atoms with Gasteiger partial charge in [0.1, 0.15) is 11.8 Å². The third-order valence-electron chi connectivity index (χ3n) is 3.74. The molecular formula is C16H22N2O3. The van der Waals surface area contributed by atoms with Crippen LogP contribution in [0, 0.1) is 0 Å². The van der Waals surface area contributed by atoms with Crippen molar-refractivity contribution in [2.75, 3.05) is 6.54 Å². The lowest BCUT2D eigenvalue weighted by atomic mass is 10.2. The highest BCUT2D eigenvalue weighted by Gasteiger charge is 2.35. The molecule has 2 amide bonds. The van der Waals surface area contributed by atoms with Gasteiger partial charge in [-0.15, -0.1) is 0 Å². The Balaban J connectivity index is 1.97. The number of nitrogens with zero attached hydrogens (tertiary/aromatic N) is 1. The molecule has 1 aliphatic rings. The Hall–Kier alpha value is -2.04. The van der Waals surface area contributed by atoms with Crippen LogP contribution in [0.3, 0.4) is 0 Å². The van der Waals surface area contributed by atoms with Gasteiger partial charge in [-0.1, -0.05) is 25.1 Å². The maximum Gasteiger partial charge on any atom is 0.415 e. The van der Waals surface area contributed by atoms with E-state index in [1.807, 2.05) is 19.9 Å². The van der Waals surface area contributed by atoms with E-state index in [0.717, 1.165) is 12.8 Å². The van der Waals surface area contributed by atoms with Crippen molar-refractivity contribution >= 4 is 12.0 Å². The van der Waals surface area contributed by atoms with Crippen LogP contribution in [0.15, 0.2) is 30.3 Å². The van der Waals surface area contributed by atoms with E-state index in [4.69, 9.17) is 4.74 Å². The molecule has 21 heavy (non-hydrogen) atoms. The number of benzene rings is 1. The fourth-order valence-electron chi connectivity index (χ4n) is 2.35. The van der Waals surface area contributed by atoms with Crippen molar-refractivity contribution in [1.29, 1.82) is 0 Å². The minimum Gasteiger partial charge on any atom is -0.410 e. The van der Waals surface area contributed by atoms with E-state index < -0.39 is 12.1 Å². The lowest BCUT2D eigenvalue weighted by molar-refractivity contribution is -0.125. The Bertz CT molecular complexity index is 490. The molecule has 5 nitrogen and oxygen atoms in total. The van der Waals surface area contributed by atoms with Crippen LogP contribution >= 0.6 is 0 Å². The Labute approximate surface area is 125 Å². The molecule has 5 heteroatoms. The first-order valence-electron chi connectivity index (χ1n) is 7.45. The lowest BCUT2D eigenvalue weighted by Gasteiger charge is -2.24. The molecule has 1 saturated heterocycles. The number of likely N-dealkylation sites (tertiary alicyclic amines) is 1. The van der Waals surface area contributed by atoms with Crippen LogP contribution in [0.25, 0.3) is 0 Å². The van der Waals surface area contributed by atoms with Gasteiger partial charge in [0.2, 0.25) is 5.91 Å². The van der Waals surface area contributed by atoms with Crippen LogP contribution in [0.1, 0.15) is 33.1 Å². The molecule has 1 heterocycles. The van der Waals surface area contributed by atoms with E-state index in [9.17, 15) is 9.59 Å². The highest BCUT2D eigenvalue weighted by atomic mass is 16.6. The number of carbonyl (C=O) groups is 2. The zero-order valence-corrected chi connectivity index (χ0v) is 12.5. The van der Waals surface area contributed by atoms with E-state index in [-0.39, 0.29) is 11.9 Å². The van der Waals surface area contributed by atoms with Crippen LogP contribution in [-0.4, -0.2) is 35.5 Å². The molecule has 1 aromatic carbocycles. The number of nitrogens with one attached hydrogen (secondary N) is 1. The van der Waals surface area contributed by atoms with E-state index in [1.54, 1.807) is 24.3 Å². The highest BCUT2D eigenvalue weighted by molar-refractivity contribution is 5.86. The van der Waals surface area contributed by atoms with Crippen molar-refractivity contribution in [2.45, 2.75) is 45.2 Å². The number of hydrogen-bond acceptors (Lipinski definition) is 3. The number of para-hydroxylation sites is 1. The Kier molecular flexibility index (Phi) is 5.20. The molecule has 1 aliphatic heterocycles. The minimum absolute atomic E-state index is 0.0909. The number of carbonyl (C=O) groups excluding carboxylic acids is 2. The first kappa shape index (κ1) is 15.4. The first-order valence-corrected chi connectivity index (χ1v) is 7.45. The molecule has 1 N–H and O–H groups in total. The van der Waals surface area contributed by atoms with Crippen molar-refractivity contribution in [3.8, 4) is 5.75 Å². The van der Waals surface area contributed by atoms with E-state index in [0.29, 0.717) is 18.7 Å². The Morgan fingerprint density at radius 1 is 1.38 bits per heavy atom. The van der Waals surface area contributed by atoms with Crippen molar-refractivity contribution in [3.05, 3.63) is 30.3 Å². The third-order valence-corrected chi connectivity index (χ3v) is 3.74. The van der Waals surface area contributed by atoms with Gasteiger partial charge in [0.05, 0.1) is 0 Å². The number of ether oxygens (including phenoxy) is 1. The van der Waals surface area contributed by atoms with Gasteiger partial charge in [-0.2, -0.15) is 0 Å². The molecular weight excluding hydrogens is 268 g/mol. The number of hydrogen-bond donors (Lipinski definition) is 1. The Morgan fingerprint density at radius 3 is 2.76 bits per heavy atom. The monoisotopic (exact) mass is 290 g/mol. The molecule has 0 radical (unpaired) electrons. The van der Waals surface area contributed by atoms with Gasteiger partial charge in [-0.3, -0.25) is 9.69 Å². The van der Waals surface area contributed by atoms with Crippen molar-refractivity contribution < 1.29 is 14.3 Å². The van der Waals surface area contributed by atoms with Crippen LogP contribution in [0.5, 0.6) is 5.75 Å². The second-order valence-electron chi connectivity index (χ2n) is 5.35. The molecule has 2 atom stereocenters. The Morgan fingerprint density at radius 2 is 2.10 bits per heavy atom. The lowest BCUT2D eigenvalue weighted by Crippen LogP contribution is -2.48. The van der Waals surface area contributed by atoms with Crippen LogP contribution < -0.4 is 10.1 Å². The SMILES string of the molecule is CC[C@@H](C)NC(=O)[C@@H]1CCCN1C(=O)Oc1ccccc1. The summed E-state index contributed by atoms with van der Waals surface area (Å²) in [5.41, 5.74) is 0. The van der Waals surface area contributed by atoms with E-state index in [2.05, 4.69) is 5.32 Å². The maximum absolute atomic E-state index is 12.2. The van der Waals surface area contributed by atoms with Gasteiger partial charge in [0.25, 0.3) is 0 Å². The topological polar surface area (TPSA) is 58.6 Å². The fourth-order valence-corrected chi connectivity index (χ4v) is 2.35. The van der Waals surface area contributed by atoms with E-state index >= 15 is 0 Å². The van der Waals surface area contributed by atoms with Gasteiger partial charge in [-0.05, 0) is 38.3 Å². The molecule has 0 unspecified atom stereocenters. The summed E-state index contributed by atoms with van der Waals surface area (Å²) in [4.78, 5) is 25.9. The van der Waals surface area contributed by atoms with Gasteiger partial charge in [-0.25, -0.2) is 4.79 Å². The average Bonchev–Trinajstić information content (AvgIpc) is 2.97. The standard InChI is InChI=1S/C16H22N2O3/c1-3-12(2)17-15(19)14-10-7-11-18(14)16(20)21-13-8-5-4-6-9-13/h4-6,8-9,12,14H,3,7,10-11H2,1-2H3,(H,17,19)/t12-,14+/m1/s1. The van der Waals surface area contributed by atoms with Gasteiger partial charge < -0.3 is 10.1 Å². The van der Waals surface area contributed by atoms with Crippen molar-refractivity contribution in [3.63, 3.8) is 0 Å². The highest BCUT2D eigenvalue weighted by Crippen LogP contribution is 2.20. The molecule has 0 bridgehead atoms. The molecule has 1 aromatic rings. The molecule has 114 valence electrons. The molecule has 0 saturated carbocycles. The normalized spacial score (nSPS) is 19.1. The minimum atomic E-state index is -0.456. The summed E-state index contributed by atoms with van der Waals surface area (Å²) in [6.45, 7) is 4.53. The van der Waals surface area contributed by atoms with E-state index in [1.165, 1.54) is 4.90 Å². The fraction of sp³-hybridized carbons (Fsp3) is 0.500. The molecule has 0 aromatic heterocycles. The quantitative estimate of drug-likeness (QED) is 0.927. The molecule has 0 spiro atoms. The predicted molar refractivity (Wildman–Crippen MR) is 80.1 cm³/mol. The van der Waals surface area contributed by atoms with Crippen LogP contribution in [-0.2, 0) is 4.79 Å². The summed E-state index contributed by atoms with van der Waals surface area (Å²) < 4.78 is 5.32. The first-order chi connectivity index (χ1) is 10.1. The molecule has 2 rings (SSSR count). The smallest absolute Gasteiger partial charge is 0.410 e. The van der Waals surface area contributed by atoms with Crippen LogP contribution in [0.2, 0.25) is 0 Å². The summed E-state index contributed by atoms with van der Waals surface area (Å²) in [5.74, 6) is 0.405. The number of amides is 2. The summed E-state index contributed by atoms with van der Waals surface area (Å²) >= 11 is 0. The number of rotatable bonds is 4. The van der Waals surface area contributed by atoms with Gasteiger partial charge >= 0.3 is 6.09 Å². The van der Waals surface area contributed by atoms with Gasteiger partial charge in [0.15, 0.2) is 0 Å². The predicted octanol–water partition coefficient (Wildman–Crippen LogP) is 2.56. The van der Waals surface area contributed by atoms with Crippen molar-refractivity contribution in [1.82, 2.24) is 10.2 Å².